The Morgan fingerprint density at radius 2 is 1.85 bits per heavy atom. The first-order chi connectivity index (χ1) is 16.3. The van der Waals surface area contributed by atoms with Gasteiger partial charge in [0, 0.05) is 23.5 Å². The number of amides is 2. The molecular weight excluding hydrogens is 449 g/mol. The van der Waals surface area contributed by atoms with Crippen molar-refractivity contribution in [2.75, 3.05) is 16.8 Å². The molecule has 0 unspecified atom stereocenters. The van der Waals surface area contributed by atoms with Crippen LogP contribution < -0.4 is 10.2 Å². The van der Waals surface area contributed by atoms with E-state index >= 15 is 0 Å². The number of alkyl halides is 3. The Kier molecular flexibility index (Phi) is 5.24. The molecule has 2 aromatic heterocycles. The third kappa shape index (κ3) is 4.07. The van der Waals surface area contributed by atoms with Gasteiger partial charge in [0.1, 0.15) is 12.0 Å². The van der Waals surface area contributed by atoms with Crippen LogP contribution in [-0.2, 0) is 12.6 Å². The first-order valence-electron chi connectivity index (χ1n) is 10.4. The summed E-state index contributed by atoms with van der Waals surface area (Å²) in [7, 11) is 0. The number of hydrogen-bond acceptors (Lipinski definition) is 4. The van der Waals surface area contributed by atoms with Crippen molar-refractivity contribution in [1.82, 2.24) is 0 Å². The maximum absolute atomic E-state index is 13.0. The smallest absolute Gasteiger partial charge is 0.416 e. The standard InChI is InChI=1S/C25H17F3N2O4/c26-25(27,28)18-3-1-2-16(12-18)21-6-7-22(34-21)23(31)29-19-4-5-20-15(13-19)8-10-30(20)24(32)17-9-11-33-14-17/h1-7,9,11-14H,8,10H2,(H,29,31). The Morgan fingerprint density at radius 1 is 1.00 bits per heavy atom. The van der Waals surface area contributed by atoms with Crippen LogP contribution in [-0.4, -0.2) is 18.4 Å². The molecule has 0 saturated heterocycles. The van der Waals surface area contributed by atoms with E-state index in [2.05, 4.69) is 5.32 Å². The normalized spacial score (nSPS) is 13.1. The van der Waals surface area contributed by atoms with E-state index in [4.69, 9.17) is 8.83 Å². The second-order valence-corrected chi connectivity index (χ2v) is 7.76. The molecule has 0 fully saturated rings. The lowest BCUT2D eigenvalue weighted by Crippen LogP contribution is -2.28. The monoisotopic (exact) mass is 466 g/mol. The van der Waals surface area contributed by atoms with Crippen molar-refractivity contribution in [1.29, 1.82) is 0 Å². The van der Waals surface area contributed by atoms with Gasteiger partial charge in [0.15, 0.2) is 5.76 Å². The van der Waals surface area contributed by atoms with Gasteiger partial charge in [-0.05, 0) is 60.5 Å². The van der Waals surface area contributed by atoms with Crippen molar-refractivity contribution in [3.8, 4) is 11.3 Å². The van der Waals surface area contributed by atoms with Crippen molar-refractivity contribution < 1.29 is 31.6 Å². The number of carbonyl (C=O) groups excluding carboxylic acids is 2. The minimum Gasteiger partial charge on any atom is -0.472 e. The second-order valence-electron chi connectivity index (χ2n) is 7.76. The predicted molar refractivity (Wildman–Crippen MR) is 118 cm³/mol. The summed E-state index contributed by atoms with van der Waals surface area (Å²) < 4.78 is 49.4. The van der Waals surface area contributed by atoms with E-state index < -0.39 is 17.6 Å². The van der Waals surface area contributed by atoms with Gasteiger partial charge in [-0.25, -0.2) is 0 Å². The first-order valence-corrected chi connectivity index (χ1v) is 10.4. The van der Waals surface area contributed by atoms with Crippen LogP contribution in [0, 0.1) is 0 Å². The number of fused-ring (bicyclic) bond motifs is 1. The van der Waals surface area contributed by atoms with Crippen molar-refractivity contribution in [2.45, 2.75) is 12.6 Å². The van der Waals surface area contributed by atoms with Crippen LogP contribution in [0.15, 0.2) is 82.0 Å². The van der Waals surface area contributed by atoms with Gasteiger partial charge in [-0.1, -0.05) is 12.1 Å². The molecule has 172 valence electrons. The molecule has 0 atom stereocenters. The zero-order valence-corrected chi connectivity index (χ0v) is 17.6. The summed E-state index contributed by atoms with van der Waals surface area (Å²) in [6.45, 7) is 0.509. The van der Waals surface area contributed by atoms with Gasteiger partial charge < -0.3 is 19.1 Å². The van der Waals surface area contributed by atoms with E-state index in [-0.39, 0.29) is 23.0 Å². The molecule has 0 spiro atoms. The molecule has 0 bridgehead atoms. The first kappa shape index (κ1) is 21.6. The number of anilines is 2. The Balaban J connectivity index is 1.31. The Bertz CT molecular complexity index is 1370. The van der Waals surface area contributed by atoms with Crippen LogP contribution in [0.5, 0.6) is 0 Å². The highest BCUT2D eigenvalue weighted by molar-refractivity contribution is 6.07. The topological polar surface area (TPSA) is 75.7 Å². The third-order valence-electron chi connectivity index (χ3n) is 5.55. The van der Waals surface area contributed by atoms with Crippen LogP contribution in [0.2, 0.25) is 0 Å². The molecule has 2 aromatic carbocycles. The summed E-state index contributed by atoms with van der Waals surface area (Å²) in [6.07, 6.45) is -1.01. The maximum atomic E-state index is 13.0. The summed E-state index contributed by atoms with van der Waals surface area (Å²) in [5.41, 5.74) is 2.05. The fraction of sp³-hybridized carbons (Fsp3) is 0.120. The molecule has 3 heterocycles. The maximum Gasteiger partial charge on any atom is 0.416 e. The summed E-state index contributed by atoms with van der Waals surface area (Å²) in [4.78, 5) is 26.9. The Labute approximate surface area is 191 Å². The average molecular weight is 466 g/mol. The van der Waals surface area contributed by atoms with Crippen molar-refractivity contribution in [3.63, 3.8) is 0 Å². The summed E-state index contributed by atoms with van der Waals surface area (Å²) in [5.74, 6) is -0.590. The quantitative estimate of drug-likeness (QED) is 0.400. The number of benzene rings is 2. The summed E-state index contributed by atoms with van der Waals surface area (Å²) in [6, 6.07) is 14.4. The molecule has 1 N–H and O–H groups in total. The van der Waals surface area contributed by atoms with Gasteiger partial charge in [-0.3, -0.25) is 9.59 Å². The van der Waals surface area contributed by atoms with Crippen molar-refractivity contribution in [2.24, 2.45) is 0 Å². The second kappa shape index (κ2) is 8.26. The van der Waals surface area contributed by atoms with Gasteiger partial charge in [-0.2, -0.15) is 13.2 Å². The average Bonchev–Trinajstić information content (AvgIpc) is 3.59. The molecule has 4 aromatic rings. The van der Waals surface area contributed by atoms with Gasteiger partial charge in [0.25, 0.3) is 11.8 Å². The highest BCUT2D eigenvalue weighted by atomic mass is 19.4. The Hall–Kier alpha value is -4.27. The third-order valence-corrected chi connectivity index (χ3v) is 5.55. The van der Waals surface area contributed by atoms with Crippen LogP contribution in [0.4, 0.5) is 24.5 Å². The fourth-order valence-electron chi connectivity index (χ4n) is 3.89. The fourth-order valence-corrected chi connectivity index (χ4v) is 3.89. The molecule has 34 heavy (non-hydrogen) atoms. The highest BCUT2D eigenvalue weighted by Gasteiger charge is 2.31. The minimum absolute atomic E-state index is 0.0373. The van der Waals surface area contributed by atoms with Gasteiger partial charge in [0.05, 0.1) is 17.4 Å². The van der Waals surface area contributed by atoms with E-state index in [1.807, 2.05) is 0 Å². The molecule has 1 aliphatic rings. The van der Waals surface area contributed by atoms with E-state index in [9.17, 15) is 22.8 Å². The molecule has 1 aliphatic heterocycles. The lowest BCUT2D eigenvalue weighted by atomic mass is 10.1. The van der Waals surface area contributed by atoms with Gasteiger partial charge in [0.2, 0.25) is 0 Å². The largest absolute Gasteiger partial charge is 0.472 e. The lowest BCUT2D eigenvalue weighted by Gasteiger charge is -2.16. The van der Waals surface area contributed by atoms with Crippen molar-refractivity contribution >= 4 is 23.2 Å². The molecule has 6 nitrogen and oxygen atoms in total. The number of nitrogens with one attached hydrogen (secondary N) is 1. The van der Waals surface area contributed by atoms with Gasteiger partial charge in [-0.15, -0.1) is 0 Å². The molecule has 0 radical (unpaired) electrons. The minimum atomic E-state index is -4.48. The molecule has 9 heteroatoms. The van der Waals surface area contributed by atoms with Crippen LogP contribution >= 0.6 is 0 Å². The number of rotatable bonds is 4. The van der Waals surface area contributed by atoms with Gasteiger partial charge >= 0.3 is 6.18 Å². The van der Waals surface area contributed by atoms with E-state index in [0.717, 1.165) is 23.4 Å². The zero-order valence-electron chi connectivity index (χ0n) is 17.6. The molecule has 0 saturated carbocycles. The van der Waals surface area contributed by atoms with Crippen LogP contribution in [0.1, 0.15) is 32.0 Å². The van der Waals surface area contributed by atoms with Crippen molar-refractivity contribution in [3.05, 3.63) is 95.6 Å². The van der Waals surface area contributed by atoms with E-state index in [1.54, 1.807) is 29.2 Å². The number of nitrogens with zero attached hydrogens (tertiary/aromatic N) is 1. The SMILES string of the molecule is O=C(Nc1ccc2c(c1)CCN2C(=O)c1ccoc1)c1ccc(-c2cccc(C(F)(F)F)c2)o1. The molecule has 2 amide bonds. The van der Waals surface area contributed by atoms with E-state index in [0.29, 0.717) is 24.2 Å². The number of hydrogen-bond donors (Lipinski definition) is 1. The number of furan rings is 2. The van der Waals surface area contributed by atoms with Crippen LogP contribution in [0.3, 0.4) is 0 Å². The molecule has 0 aliphatic carbocycles. The highest BCUT2D eigenvalue weighted by Crippen LogP contribution is 2.34. The predicted octanol–water partition coefficient (Wildman–Crippen LogP) is 6.01. The molecule has 5 rings (SSSR count). The summed E-state index contributed by atoms with van der Waals surface area (Å²) in [5, 5.41) is 2.73. The lowest BCUT2D eigenvalue weighted by molar-refractivity contribution is -0.137. The van der Waals surface area contributed by atoms with Crippen LogP contribution in [0.25, 0.3) is 11.3 Å². The summed E-state index contributed by atoms with van der Waals surface area (Å²) >= 11 is 0. The Morgan fingerprint density at radius 3 is 2.62 bits per heavy atom. The van der Waals surface area contributed by atoms with E-state index in [1.165, 1.54) is 36.8 Å². The number of carbonyl (C=O) groups is 2. The zero-order chi connectivity index (χ0) is 23.9. The molecular formula is C25H17F3N2O4. The number of halogens is 3.